The molecular formula is C30H43BN2O5. The lowest BCUT2D eigenvalue weighted by Crippen LogP contribution is -2.65. The van der Waals surface area contributed by atoms with E-state index < -0.39 is 24.9 Å². The first-order valence-corrected chi connectivity index (χ1v) is 14.6. The SMILES string of the molecule is CC(C)(C)OC(=O)N1[C@@H](c2ccccc2)CC[C@H]1C(=O)N1CCC[C@H]1B1O[C@@H]2C[C@@H]3C[C@@H](C3(C)C)[C@]2(C)O1. The minimum Gasteiger partial charge on any atom is -0.444 e. The minimum absolute atomic E-state index is 0.00589. The third-order valence-corrected chi connectivity index (χ3v) is 10.3. The lowest BCUT2D eigenvalue weighted by atomic mass is 9.43. The van der Waals surface area contributed by atoms with Crippen molar-refractivity contribution < 1.29 is 23.6 Å². The fourth-order valence-corrected chi connectivity index (χ4v) is 8.23. The molecule has 0 aromatic heterocycles. The van der Waals surface area contributed by atoms with Gasteiger partial charge >= 0.3 is 13.2 Å². The number of carbonyl (C=O) groups excluding carboxylic acids is 2. The van der Waals surface area contributed by atoms with Gasteiger partial charge < -0.3 is 18.9 Å². The Hall–Kier alpha value is -2.06. The van der Waals surface area contributed by atoms with Gasteiger partial charge in [-0.05, 0) is 89.0 Å². The van der Waals surface area contributed by atoms with Gasteiger partial charge in [-0.3, -0.25) is 9.69 Å². The molecular weight excluding hydrogens is 479 g/mol. The summed E-state index contributed by atoms with van der Waals surface area (Å²) in [6, 6.07) is 9.26. The molecule has 38 heavy (non-hydrogen) atoms. The van der Waals surface area contributed by atoms with Gasteiger partial charge in [-0.2, -0.15) is 0 Å². The van der Waals surface area contributed by atoms with Crippen molar-refractivity contribution in [2.24, 2.45) is 17.3 Å². The van der Waals surface area contributed by atoms with Crippen LogP contribution in [0.2, 0.25) is 0 Å². The Morgan fingerprint density at radius 2 is 1.79 bits per heavy atom. The zero-order valence-electron chi connectivity index (χ0n) is 23.8. The highest BCUT2D eigenvalue weighted by Gasteiger charge is 2.69. The van der Waals surface area contributed by atoms with Crippen LogP contribution in [0, 0.1) is 17.3 Å². The number of rotatable bonds is 3. The normalized spacial score (nSPS) is 37.7. The maximum absolute atomic E-state index is 14.2. The number of ether oxygens (including phenoxy) is 1. The van der Waals surface area contributed by atoms with Crippen molar-refractivity contribution in [3.8, 4) is 0 Å². The Bertz CT molecular complexity index is 1090. The first-order chi connectivity index (χ1) is 17.9. The van der Waals surface area contributed by atoms with E-state index in [2.05, 4.69) is 20.8 Å². The molecule has 3 aliphatic carbocycles. The van der Waals surface area contributed by atoms with Gasteiger partial charge in [0.25, 0.3) is 0 Å². The zero-order valence-corrected chi connectivity index (χ0v) is 23.8. The molecule has 0 spiro atoms. The van der Waals surface area contributed by atoms with E-state index >= 15 is 0 Å². The Balaban J connectivity index is 1.23. The molecule has 2 bridgehead atoms. The number of hydrogen-bond acceptors (Lipinski definition) is 5. The lowest BCUT2D eigenvalue weighted by molar-refractivity contribution is -0.199. The predicted octanol–water partition coefficient (Wildman–Crippen LogP) is 5.39. The van der Waals surface area contributed by atoms with E-state index in [1.807, 2.05) is 56.0 Å². The topological polar surface area (TPSA) is 68.3 Å². The van der Waals surface area contributed by atoms with E-state index in [9.17, 15) is 9.59 Å². The molecule has 1 aromatic carbocycles. The zero-order chi connectivity index (χ0) is 27.0. The summed E-state index contributed by atoms with van der Waals surface area (Å²) < 4.78 is 19.2. The van der Waals surface area contributed by atoms with E-state index in [1.165, 1.54) is 6.42 Å². The van der Waals surface area contributed by atoms with Crippen molar-refractivity contribution in [2.45, 2.75) is 115 Å². The van der Waals surface area contributed by atoms with E-state index in [0.717, 1.165) is 31.2 Å². The fourth-order valence-electron chi connectivity index (χ4n) is 8.23. The number of amides is 2. The van der Waals surface area contributed by atoms with Gasteiger partial charge in [-0.15, -0.1) is 0 Å². The van der Waals surface area contributed by atoms with Crippen LogP contribution in [0.1, 0.15) is 91.7 Å². The molecule has 0 N–H and O–H groups in total. The van der Waals surface area contributed by atoms with Gasteiger partial charge in [0.05, 0.1) is 23.7 Å². The fraction of sp³-hybridized carbons (Fsp3) is 0.733. The first-order valence-electron chi connectivity index (χ1n) is 14.6. The summed E-state index contributed by atoms with van der Waals surface area (Å²) in [5.74, 6) is 1.04. The Morgan fingerprint density at radius 1 is 1.05 bits per heavy atom. The minimum atomic E-state index is -0.642. The lowest BCUT2D eigenvalue weighted by Gasteiger charge is -2.64. The summed E-state index contributed by atoms with van der Waals surface area (Å²) in [7, 11) is -0.409. The van der Waals surface area contributed by atoms with Crippen LogP contribution in [-0.2, 0) is 18.8 Å². The third-order valence-electron chi connectivity index (χ3n) is 10.3. The van der Waals surface area contributed by atoms with Crippen molar-refractivity contribution in [1.82, 2.24) is 9.80 Å². The molecule has 7 nitrogen and oxygen atoms in total. The van der Waals surface area contributed by atoms with Crippen molar-refractivity contribution in [3.05, 3.63) is 35.9 Å². The average Bonchev–Trinajstić information content (AvgIpc) is 3.58. The molecule has 6 aliphatic rings. The second-order valence-corrected chi connectivity index (χ2v) is 14.0. The van der Waals surface area contributed by atoms with Crippen LogP contribution in [0.5, 0.6) is 0 Å². The molecule has 3 aliphatic heterocycles. The highest BCUT2D eigenvalue weighted by atomic mass is 16.7. The molecule has 3 heterocycles. The third kappa shape index (κ3) is 4.09. The molecule has 2 amide bonds. The standard InChI is InChI=1S/C30H43BN2O5/c1-28(2,3)36-27(35)33-21(19-11-8-7-9-12-19)14-15-22(33)26(34)32-16-10-13-25(32)31-37-24-18-20-17-23(29(20,4)5)30(24,6)38-31/h7-9,11-12,20-25H,10,13-18H2,1-6H3/t20-,21+,22-,23-,24+,25-,30-/m0/s1. The van der Waals surface area contributed by atoms with E-state index in [1.54, 1.807) is 4.90 Å². The highest BCUT2D eigenvalue weighted by Crippen LogP contribution is 2.66. The smallest absolute Gasteiger partial charge is 0.444 e. The van der Waals surface area contributed by atoms with E-state index in [0.29, 0.717) is 24.8 Å². The average molecular weight is 522 g/mol. The second-order valence-electron chi connectivity index (χ2n) is 14.0. The summed E-state index contributed by atoms with van der Waals surface area (Å²) in [4.78, 5) is 31.4. The van der Waals surface area contributed by atoms with Gasteiger partial charge in [0.15, 0.2) is 0 Å². The molecule has 0 radical (unpaired) electrons. The summed E-state index contributed by atoms with van der Waals surface area (Å²) >= 11 is 0. The van der Waals surface area contributed by atoms with Crippen LogP contribution >= 0.6 is 0 Å². The maximum atomic E-state index is 14.2. The van der Waals surface area contributed by atoms with Gasteiger partial charge in [0, 0.05) is 6.54 Å². The summed E-state index contributed by atoms with van der Waals surface area (Å²) in [6.07, 6.45) is 5.03. The molecule has 1 aromatic rings. The van der Waals surface area contributed by atoms with E-state index in [4.69, 9.17) is 14.0 Å². The number of likely N-dealkylation sites (tertiary alicyclic amines) is 2. The van der Waals surface area contributed by atoms with Crippen molar-refractivity contribution in [3.63, 3.8) is 0 Å². The summed E-state index contributed by atoms with van der Waals surface area (Å²) in [5.41, 5.74) is 0.372. The molecule has 8 heteroatoms. The molecule has 6 fully saturated rings. The predicted molar refractivity (Wildman–Crippen MR) is 145 cm³/mol. The number of nitrogens with zero attached hydrogens (tertiary/aromatic N) is 2. The second kappa shape index (κ2) is 8.98. The van der Waals surface area contributed by atoms with Crippen LogP contribution in [0.25, 0.3) is 0 Å². The number of carbonyl (C=O) groups is 2. The van der Waals surface area contributed by atoms with Crippen molar-refractivity contribution in [1.29, 1.82) is 0 Å². The van der Waals surface area contributed by atoms with E-state index in [-0.39, 0.29) is 35.0 Å². The van der Waals surface area contributed by atoms with Gasteiger partial charge in [0.2, 0.25) is 5.91 Å². The number of benzene rings is 1. The molecule has 7 atom stereocenters. The highest BCUT2D eigenvalue weighted by molar-refractivity contribution is 6.48. The van der Waals surface area contributed by atoms with Crippen LogP contribution < -0.4 is 0 Å². The maximum Gasteiger partial charge on any atom is 0.481 e. The Labute approximate surface area is 227 Å². The molecule has 206 valence electrons. The number of hydrogen-bond donors (Lipinski definition) is 0. The van der Waals surface area contributed by atoms with Gasteiger partial charge in [-0.1, -0.05) is 44.2 Å². The molecule has 0 unspecified atom stereocenters. The van der Waals surface area contributed by atoms with Crippen LogP contribution in [0.4, 0.5) is 4.79 Å². The van der Waals surface area contributed by atoms with Crippen molar-refractivity contribution >= 4 is 19.1 Å². The van der Waals surface area contributed by atoms with Crippen LogP contribution in [-0.4, -0.2) is 64.8 Å². The summed E-state index contributed by atoms with van der Waals surface area (Å²) in [5, 5.41) is 0. The quantitative estimate of drug-likeness (QED) is 0.499. The van der Waals surface area contributed by atoms with Crippen LogP contribution in [0.3, 0.4) is 0 Å². The van der Waals surface area contributed by atoms with Crippen molar-refractivity contribution in [2.75, 3.05) is 6.54 Å². The summed E-state index contributed by atoms with van der Waals surface area (Å²) in [6.45, 7) is 13.2. The van der Waals surface area contributed by atoms with Gasteiger partial charge in [0.1, 0.15) is 11.6 Å². The first kappa shape index (κ1) is 26.2. The molecule has 3 saturated heterocycles. The molecule has 7 rings (SSSR count). The van der Waals surface area contributed by atoms with Crippen LogP contribution in [0.15, 0.2) is 30.3 Å². The molecule has 3 saturated carbocycles. The van der Waals surface area contributed by atoms with Gasteiger partial charge in [-0.25, -0.2) is 4.79 Å². The monoisotopic (exact) mass is 522 g/mol. The largest absolute Gasteiger partial charge is 0.481 e. The Morgan fingerprint density at radius 3 is 2.47 bits per heavy atom. The Kier molecular flexibility index (Phi) is 6.19.